The first-order valence-electron chi connectivity index (χ1n) is 9.19. The van der Waals surface area contributed by atoms with Gasteiger partial charge in [0.1, 0.15) is 10.6 Å². The minimum atomic E-state index is -0.548. The zero-order valence-corrected chi connectivity index (χ0v) is 18.9. The third-order valence-corrected chi connectivity index (χ3v) is 5.68. The lowest BCUT2D eigenvalue weighted by atomic mass is 10.1. The van der Waals surface area contributed by atoms with E-state index in [0.717, 1.165) is 0 Å². The highest BCUT2D eigenvalue weighted by molar-refractivity contribution is 9.10. The van der Waals surface area contributed by atoms with E-state index in [1.165, 1.54) is 22.5 Å². The van der Waals surface area contributed by atoms with Gasteiger partial charge in [0.25, 0.3) is 5.91 Å². The first kappa shape index (κ1) is 21.0. The molecular weight excluding hydrogens is 486 g/mol. The van der Waals surface area contributed by atoms with Crippen molar-refractivity contribution < 1.29 is 23.9 Å². The van der Waals surface area contributed by atoms with Gasteiger partial charge < -0.3 is 14.3 Å². The van der Waals surface area contributed by atoms with E-state index in [2.05, 4.69) is 20.9 Å². The van der Waals surface area contributed by atoms with Gasteiger partial charge in [0.2, 0.25) is 0 Å². The van der Waals surface area contributed by atoms with Crippen LogP contribution < -0.4 is 9.47 Å². The second kappa shape index (κ2) is 8.48. The van der Waals surface area contributed by atoms with Crippen molar-refractivity contribution in [2.75, 3.05) is 6.61 Å². The molecule has 0 atom stereocenters. The maximum Gasteiger partial charge on any atom is 0.353 e. The molecule has 158 valence electrons. The molecule has 1 aromatic carbocycles. The molecule has 31 heavy (non-hydrogen) atoms. The Kier molecular flexibility index (Phi) is 5.75. The molecule has 10 heteroatoms. The lowest BCUT2D eigenvalue weighted by Gasteiger charge is -2.23. The van der Waals surface area contributed by atoms with Crippen LogP contribution in [0.4, 0.5) is 0 Å². The van der Waals surface area contributed by atoms with Gasteiger partial charge in [-0.15, -0.1) is 16.4 Å². The summed E-state index contributed by atoms with van der Waals surface area (Å²) in [4.78, 5) is 34.7. The Hall–Kier alpha value is -3.24. The highest BCUT2D eigenvalue weighted by atomic mass is 79.9. The largest absolute Gasteiger partial charge is 0.490 e. The van der Waals surface area contributed by atoms with Crippen molar-refractivity contribution in [1.29, 1.82) is 5.41 Å². The minimum absolute atomic E-state index is 0.0597. The van der Waals surface area contributed by atoms with Crippen molar-refractivity contribution in [2.24, 2.45) is 4.99 Å². The zero-order valence-electron chi connectivity index (χ0n) is 16.5. The second-order valence-corrected chi connectivity index (χ2v) is 8.25. The number of rotatable bonds is 5. The van der Waals surface area contributed by atoms with Gasteiger partial charge in [-0.3, -0.25) is 10.2 Å². The number of benzene rings is 1. The molecule has 0 saturated carbocycles. The molecule has 8 nitrogen and oxygen atoms in total. The molecule has 2 aliphatic rings. The number of hydrogen-bond acceptors (Lipinski definition) is 7. The van der Waals surface area contributed by atoms with E-state index in [1.54, 1.807) is 49.6 Å². The molecule has 0 unspecified atom stereocenters. The van der Waals surface area contributed by atoms with E-state index < -0.39 is 11.9 Å². The number of amides is 1. The average molecular weight is 502 g/mol. The van der Waals surface area contributed by atoms with E-state index in [0.29, 0.717) is 33.0 Å². The molecule has 0 bridgehead atoms. The Labute approximate surface area is 190 Å². The summed E-state index contributed by atoms with van der Waals surface area (Å²) in [5.74, 6) is 0.201. The summed E-state index contributed by atoms with van der Waals surface area (Å²) in [6, 6.07) is 6.74. The van der Waals surface area contributed by atoms with Crippen molar-refractivity contribution in [1.82, 2.24) is 5.06 Å². The number of nitrogens with one attached hydrogen (secondary N) is 1. The Morgan fingerprint density at radius 2 is 2.23 bits per heavy atom. The molecule has 2 aromatic rings. The number of hydrogen-bond donors (Lipinski definition) is 1. The predicted molar refractivity (Wildman–Crippen MR) is 119 cm³/mol. The summed E-state index contributed by atoms with van der Waals surface area (Å²) in [6.45, 7) is 3.86. The van der Waals surface area contributed by atoms with Gasteiger partial charge in [0.15, 0.2) is 23.2 Å². The fraction of sp³-hybridized carbons (Fsp3) is 0.143. The van der Waals surface area contributed by atoms with Crippen LogP contribution in [0.2, 0.25) is 0 Å². The van der Waals surface area contributed by atoms with Crippen molar-refractivity contribution in [3.63, 3.8) is 0 Å². The topological polar surface area (TPSA) is 101 Å². The number of amidine groups is 2. The SMILES string of the molecule is CCOc1cc(/C=C2\C(=N)N3OC(C)=CC3=NC2=O)cc(Br)c1OC(=O)c1cccs1. The summed E-state index contributed by atoms with van der Waals surface area (Å²) in [5, 5.41) is 11.3. The molecule has 1 amide bonds. The van der Waals surface area contributed by atoms with Gasteiger partial charge in [0, 0.05) is 6.08 Å². The number of halogens is 1. The summed E-state index contributed by atoms with van der Waals surface area (Å²) in [7, 11) is 0. The summed E-state index contributed by atoms with van der Waals surface area (Å²) < 4.78 is 11.7. The summed E-state index contributed by atoms with van der Waals surface area (Å²) >= 11 is 4.69. The van der Waals surface area contributed by atoms with Crippen molar-refractivity contribution >= 4 is 56.9 Å². The van der Waals surface area contributed by atoms with E-state index in [1.807, 2.05) is 0 Å². The number of carbonyl (C=O) groups excluding carboxylic acids is 2. The van der Waals surface area contributed by atoms with E-state index in [4.69, 9.17) is 19.7 Å². The molecular formula is C21H16BrN3O5S. The molecule has 0 fully saturated rings. The second-order valence-electron chi connectivity index (χ2n) is 6.45. The molecule has 0 spiro atoms. The first-order chi connectivity index (χ1) is 14.9. The molecule has 3 heterocycles. The van der Waals surface area contributed by atoms with Crippen LogP contribution in [0.25, 0.3) is 6.08 Å². The van der Waals surface area contributed by atoms with Crippen LogP contribution in [0.3, 0.4) is 0 Å². The van der Waals surface area contributed by atoms with Gasteiger partial charge in [-0.05, 0) is 65.0 Å². The summed E-state index contributed by atoms with van der Waals surface area (Å²) in [6.07, 6.45) is 3.10. The Morgan fingerprint density at radius 3 is 2.94 bits per heavy atom. The smallest absolute Gasteiger partial charge is 0.353 e. The highest BCUT2D eigenvalue weighted by Gasteiger charge is 2.34. The molecule has 0 aliphatic carbocycles. The van der Waals surface area contributed by atoms with Gasteiger partial charge in [-0.25, -0.2) is 4.79 Å². The van der Waals surface area contributed by atoms with E-state index in [9.17, 15) is 9.59 Å². The maximum atomic E-state index is 12.5. The predicted octanol–water partition coefficient (Wildman–Crippen LogP) is 4.58. The number of thiophene rings is 1. The average Bonchev–Trinajstić information content (AvgIpc) is 3.37. The minimum Gasteiger partial charge on any atom is -0.490 e. The molecule has 1 aromatic heterocycles. The Morgan fingerprint density at radius 1 is 1.42 bits per heavy atom. The molecule has 0 saturated heterocycles. The third kappa shape index (κ3) is 4.17. The quantitative estimate of drug-likeness (QED) is 0.365. The van der Waals surface area contributed by atoms with Crippen LogP contribution >= 0.6 is 27.3 Å². The lowest BCUT2D eigenvalue weighted by Crippen LogP contribution is -2.38. The number of hydroxylamine groups is 2. The van der Waals surface area contributed by atoms with Crippen molar-refractivity contribution in [3.8, 4) is 11.5 Å². The lowest BCUT2D eigenvalue weighted by molar-refractivity contribution is -0.114. The van der Waals surface area contributed by atoms with Crippen LogP contribution in [0.15, 0.2) is 56.5 Å². The number of fused-ring (bicyclic) bond motifs is 1. The van der Waals surface area contributed by atoms with Gasteiger partial charge >= 0.3 is 5.97 Å². The van der Waals surface area contributed by atoms with Gasteiger partial charge in [0.05, 0.1) is 16.7 Å². The molecule has 0 radical (unpaired) electrons. The Bertz CT molecular complexity index is 1180. The number of ether oxygens (including phenoxy) is 2. The molecule has 4 rings (SSSR count). The van der Waals surface area contributed by atoms with Gasteiger partial charge in [-0.2, -0.15) is 4.99 Å². The highest BCUT2D eigenvalue weighted by Crippen LogP contribution is 2.38. The fourth-order valence-corrected chi connectivity index (χ4v) is 4.08. The third-order valence-electron chi connectivity index (χ3n) is 4.24. The molecule has 2 aliphatic heterocycles. The number of esters is 1. The van der Waals surface area contributed by atoms with Crippen molar-refractivity contribution in [2.45, 2.75) is 13.8 Å². The van der Waals surface area contributed by atoms with Crippen LogP contribution in [-0.2, 0) is 9.63 Å². The number of aliphatic imine (C=N–C) groups is 1. The summed E-state index contributed by atoms with van der Waals surface area (Å²) in [5.41, 5.74) is 0.617. The Balaban J connectivity index is 1.68. The maximum absolute atomic E-state index is 12.5. The normalized spacial score (nSPS) is 16.6. The van der Waals surface area contributed by atoms with Crippen LogP contribution in [0.5, 0.6) is 11.5 Å². The van der Waals surface area contributed by atoms with Gasteiger partial charge in [-0.1, -0.05) is 6.07 Å². The van der Waals surface area contributed by atoms with Crippen LogP contribution in [0.1, 0.15) is 29.1 Å². The fourth-order valence-electron chi connectivity index (χ4n) is 2.94. The van der Waals surface area contributed by atoms with Crippen LogP contribution in [-0.4, -0.2) is 35.2 Å². The molecule has 1 N–H and O–H groups in total. The zero-order chi connectivity index (χ0) is 22.1. The van der Waals surface area contributed by atoms with Crippen LogP contribution in [0, 0.1) is 5.41 Å². The van der Waals surface area contributed by atoms with Crippen molar-refractivity contribution in [3.05, 3.63) is 62.0 Å². The van der Waals surface area contributed by atoms with E-state index in [-0.39, 0.29) is 23.0 Å². The standard InChI is InChI=1S/C21H16BrN3O5S/c1-3-28-15-10-12(9-14(22)18(15)29-21(27)16-5-4-6-31-16)8-13-19(23)25-17(24-20(13)26)7-11(2)30-25/h4-10,23H,3H2,1-2H3/b13-8+,23-19?. The first-order valence-corrected chi connectivity index (χ1v) is 10.9. The number of nitrogens with zero attached hydrogens (tertiary/aromatic N) is 2. The number of allylic oxidation sites excluding steroid dienone is 1. The number of carbonyl (C=O) groups is 2. The van der Waals surface area contributed by atoms with E-state index >= 15 is 0 Å². The monoisotopic (exact) mass is 501 g/mol.